The Bertz CT molecular complexity index is 742. The first-order chi connectivity index (χ1) is 12.7. The molecule has 3 heterocycles. The van der Waals surface area contributed by atoms with Crippen LogP contribution >= 0.6 is 0 Å². The van der Waals surface area contributed by atoms with Crippen molar-refractivity contribution in [2.45, 2.75) is 31.4 Å². The minimum atomic E-state index is -0.477. The summed E-state index contributed by atoms with van der Waals surface area (Å²) >= 11 is 0. The van der Waals surface area contributed by atoms with Gasteiger partial charge in [-0.25, -0.2) is 4.79 Å². The van der Waals surface area contributed by atoms with Crippen LogP contribution in [0.15, 0.2) is 36.5 Å². The molecular weight excluding hydrogens is 330 g/mol. The number of likely N-dealkylation sites (tertiary alicyclic amines) is 2. The molecule has 2 fully saturated rings. The number of carbonyl (C=O) groups is 1. The van der Waals surface area contributed by atoms with Gasteiger partial charge in [0.1, 0.15) is 0 Å². The zero-order valence-corrected chi connectivity index (χ0v) is 14.8. The summed E-state index contributed by atoms with van der Waals surface area (Å²) in [4.78, 5) is 16.7. The van der Waals surface area contributed by atoms with Gasteiger partial charge in [-0.3, -0.25) is 10.00 Å². The maximum Gasteiger partial charge on any atom is 0.321 e. The van der Waals surface area contributed by atoms with Crippen LogP contribution in [0.2, 0.25) is 0 Å². The number of amides is 2. The normalized spacial score (nSPS) is 24.0. The Kier molecular flexibility index (Phi) is 4.90. The molecule has 2 aliphatic rings. The Hall–Kier alpha value is -2.38. The molecule has 0 saturated carbocycles. The second kappa shape index (κ2) is 7.47. The third-order valence-electron chi connectivity index (χ3n) is 5.33. The van der Waals surface area contributed by atoms with Gasteiger partial charge in [0.25, 0.3) is 0 Å². The van der Waals surface area contributed by atoms with E-state index in [9.17, 15) is 9.90 Å². The van der Waals surface area contributed by atoms with Crippen LogP contribution in [0.25, 0.3) is 11.3 Å². The van der Waals surface area contributed by atoms with E-state index in [1.165, 1.54) is 19.3 Å². The number of urea groups is 1. The lowest BCUT2D eigenvalue weighted by Gasteiger charge is -2.33. The molecule has 2 amide bonds. The smallest absolute Gasteiger partial charge is 0.321 e. The second-order valence-electron chi connectivity index (χ2n) is 7.12. The summed E-state index contributed by atoms with van der Waals surface area (Å²) in [5, 5.41) is 20.3. The van der Waals surface area contributed by atoms with E-state index in [4.69, 9.17) is 0 Å². The standard InChI is InChI=1S/C19H25N5O2/c25-18-13-24(12-17(18)23-9-2-1-3-10-23)19(26)21-15-6-4-5-14(11-15)16-7-8-20-22-16/h4-8,11,17-18,25H,1-3,9-10,12-13H2,(H,20,22)(H,21,26)/t17-,18-/m1/s1. The number of hydrogen-bond acceptors (Lipinski definition) is 4. The lowest BCUT2D eigenvalue weighted by atomic mass is 10.1. The van der Waals surface area contributed by atoms with Gasteiger partial charge in [-0.05, 0) is 44.1 Å². The van der Waals surface area contributed by atoms with Gasteiger partial charge in [-0.15, -0.1) is 0 Å². The fraction of sp³-hybridized carbons (Fsp3) is 0.474. The predicted octanol–water partition coefficient (Wildman–Crippen LogP) is 2.14. The summed E-state index contributed by atoms with van der Waals surface area (Å²) in [6.45, 7) is 2.99. The van der Waals surface area contributed by atoms with Gasteiger partial charge in [-0.2, -0.15) is 5.10 Å². The van der Waals surface area contributed by atoms with Gasteiger partial charge >= 0.3 is 6.03 Å². The first-order valence-electron chi connectivity index (χ1n) is 9.28. The Morgan fingerprint density at radius 1 is 1.19 bits per heavy atom. The Balaban J connectivity index is 1.40. The highest BCUT2D eigenvalue weighted by Crippen LogP contribution is 2.23. The molecule has 2 atom stereocenters. The first-order valence-corrected chi connectivity index (χ1v) is 9.28. The van der Waals surface area contributed by atoms with Crippen molar-refractivity contribution >= 4 is 11.7 Å². The van der Waals surface area contributed by atoms with Crippen LogP contribution in [0, 0.1) is 0 Å². The SMILES string of the molecule is O=C(Nc1cccc(-c2ccn[nH]2)c1)N1C[C@@H](O)[C@H](N2CCCCC2)C1. The van der Waals surface area contributed by atoms with E-state index in [-0.39, 0.29) is 12.1 Å². The zero-order valence-electron chi connectivity index (χ0n) is 14.8. The van der Waals surface area contributed by atoms with Crippen LogP contribution in [0.4, 0.5) is 10.5 Å². The Morgan fingerprint density at radius 2 is 2.04 bits per heavy atom. The number of aliphatic hydroxyl groups is 1. The fourth-order valence-electron chi connectivity index (χ4n) is 3.93. The van der Waals surface area contributed by atoms with E-state index in [0.717, 1.165) is 30.0 Å². The highest BCUT2D eigenvalue weighted by molar-refractivity contribution is 5.90. The molecule has 1 aromatic carbocycles. The topological polar surface area (TPSA) is 84.5 Å². The molecule has 2 saturated heterocycles. The van der Waals surface area contributed by atoms with Crippen molar-refractivity contribution in [2.24, 2.45) is 0 Å². The average Bonchev–Trinajstić information content (AvgIpc) is 3.32. The second-order valence-corrected chi connectivity index (χ2v) is 7.12. The van der Waals surface area contributed by atoms with Crippen LogP contribution in [0.1, 0.15) is 19.3 Å². The summed E-state index contributed by atoms with van der Waals surface area (Å²) in [7, 11) is 0. The maximum absolute atomic E-state index is 12.7. The minimum absolute atomic E-state index is 0.0531. The monoisotopic (exact) mass is 355 g/mol. The molecule has 4 rings (SSSR count). The number of nitrogens with one attached hydrogen (secondary N) is 2. The van der Waals surface area contributed by atoms with E-state index in [1.54, 1.807) is 11.1 Å². The van der Waals surface area contributed by atoms with E-state index in [1.807, 2.05) is 30.3 Å². The van der Waals surface area contributed by atoms with Crippen molar-refractivity contribution in [1.29, 1.82) is 0 Å². The molecule has 26 heavy (non-hydrogen) atoms. The molecule has 1 aromatic heterocycles. The fourth-order valence-corrected chi connectivity index (χ4v) is 3.93. The van der Waals surface area contributed by atoms with Crippen LogP contribution in [0.3, 0.4) is 0 Å². The number of β-amino-alcohol motifs (C(OH)–C–C–N with tert-alkyl or cyclic N) is 1. The number of piperidine rings is 1. The molecule has 0 radical (unpaired) electrons. The molecule has 138 valence electrons. The first kappa shape index (κ1) is 17.1. The number of aliphatic hydroxyl groups excluding tert-OH is 1. The van der Waals surface area contributed by atoms with Gasteiger partial charge in [0.05, 0.1) is 24.4 Å². The third kappa shape index (κ3) is 3.59. The molecular formula is C19H25N5O2. The number of aromatic nitrogens is 2. The van der Waals surface area contributed by atoms with Gasteiger partial charge < -0.3 is 15.3 Å². The summed E-state index contributed by atoms with van der Waals surface area (Å²) in [6, 6.07) is 9.44. The molecule has 0 bridgehead atoms. The Labute approximate surface area is 153 Å². The van der Waals surface area contributed by atoms with Crippen LogP contribution < -0.4 is 5.32 Å². The average molecular weight is 355 g/mol. The number of nitrogens with zero attached hydrogens (tertiary/aromatic N) is 3. The number of aromatic amines is 1. The van der Waals surface area contributed by atoms with Crippen molar-refractivity contribution in [3.63, 3.8) is 0 Å². The number of benzene rings is 1. The molecule has 2 aliphatic heterocycles. The van der Waals surface area contributed by atoms with Gasteiger partial charge in [-0.1, -0.05) is 18.6 Å². The van der Waals surface area contributed by atoms with Crippen LogP contribution in [-0.2, 0) is 0 Å². The largest absolute Gasteiger partial charge is 0.390 e. The number of carbonyl (C=O) groups excluding carboxylic acids is 1. The van der Waals surface area contributed by atoms with Crippen molar-refractivity contribution in [3.05, 3.63) is 36.5 Å². The maximum atomic E-state index is 12.7. The summed E-state index contributed by atoms with van der Waals surface area (Å²) < 4.78 is 0. The van der Waals surface area contributed by atoms with Crippen molar-refractivity contribution in [1.82, 2.24) is 20.0 Å². The predicted molar refractivity (Wildman–Crippen MR) is 99.8 cm³/mol. The van der Waals surface area contributed by atoms with Gasteiger partial charge in [0.2, 0.25) is 0 Å². The van der Waals surface area contributed by atoms with Gasteiger partial charge in [0, 0.05) is 24.0 Å². The molecule has 7 nitrogen and oxygen atoms in total. The summed E-state index contributed by atoms with van der Waals surface area (Å²) in [5.41, 5.74) is 2.61. The number of rotatable bonds is 3. The van der Waals surface area contributed by atoms with Crippen LogP contribution in [0.5, 0.6) is 0 Å². The van der Waals surface area contributed by atoms with E-state index < -0.39 is 6.10 Å². The molecule has 3 N–H and O–H groups in total. The summed E-state index contributed by atoms with van der Waals surface area (Å²) in [6.07, 6.45) is 4.84. The zero-order chi connectivity index (χ0) is 17.9. The molecule has 7 heteroatoms. The van der Waals surface area contributed by atoms with Crippen molar-refractivity contribution in [3.8, 4) is 11.3 Å². The highest BCUT2D eigenvalue weighted by atomic mass is 16.3. The number of H-pyrrole nitrogens is 1. The lowest BCUT2D eigenvalue weighted by Crippen LogP contribution is -2.46. The molecule has 0 aliphatic carbocycles. The van der Waals surface area contributed by atoms with Gasteiger partial charge in [0.15, 0.2) is 0 Å². The third-order valence-corrected chi connectivity index (χ3v) is 5.33. The van der Waals surface area contributed by atoms with Crippen molar-refractivity contribution < 1.29 is 9.90 Å². The van der Waals surface area contributed by atoms with E-state index >= 15 is 0 Å². The van der Waals surface area contributed by atoms with E-state index in [0.29, 0.717) is 13.1 Å². The number of anilines is 1. The lowest BCUT2D eigenvalue weighted by molar-refractivity contribution is 0.0706. The number of hydrogen-bond donors (Lipinski definition) is 3. The van der Waals surface area contributed by atoms with Crippen molar-refractivity contribution in [2.75, 3.05) is 31.5 Å². The molecule has 0 unspecified atom stereocenters. The van der Waals surface area contributed by atoms with E-state index in [2.05, 4.69) is 20.4 Å². The van der Waals surface area contributed by atoms with Crippen LogP contribution in [-0.4, -0.2) is 69.5 Å². The molecule has 0 spiro atoms. The quantitative estimate of drug-likeness (QED) is 0.788. The summed E-state index contributed by atoms with van der Waals surface area (Å²) in [5.74, 6) is 0. The minimum Gasteiger partial charge on any atom is -0.390 e. The molecule has 2 aromatic rings. The Morgan fingerprint density at radius 3 is 2.81 bits per heavy atom. The highest BCUT2D eigenvalue weighted by Gasteiger charge is 2.37.